The van der Waals surface area contributed by atoms with Crippen molar-refractivity contribution >= 4 is 6.03 Å². The summed E-state index contributed by atoms with van der Waals surface area (Å²) in [5.74, 6) is 0.245. The highest BCUT2D eigenvalue weighted by Crippen LogP contribution is 2.30. The number of hydrogen-bond donors (Lipinski definition) is 1. The Morgan fingerprint density at radius 2 is 2.28 bits per heavy atom. The standard InChI is InChI=1S/C18H20FN3O3/c1-12-16-3-2-4-21(16)5-6-22(12)18(23)20-9-13-7-15(19)8-14-10-24-11-25-17(13)14/h2-4,7-8,12H,5-6,9-11H2,1H3,(H,20,23). The van der Waals surface area contributed by atoms with Crippen molar-refractivity contribution in [2.45, 2.75) is 32.7 Å². The normalized spacial score (nSPS) is 19.0. The molecule has 0 saturated heterocycles. The van der Waals surface area contributed by atoms with E-state index in [4.69, 9.17) is 9.47 Å². The quantitative estimate of drug-likeness (QED) is 0.911. The molecule has 2 amide bonds. The summed E-state index contributed by atoms with van der Waals surface area (Å²) in [7, 11) is 0. The summed E-state index contributed by atoms with van der Waals surface area (Å²) in [6.07, 6.45) is 2.03. The van der Waals surface area contributed by atoms with Gasteiger partial charge in [-0.15, -0.1) is 0 Å². The molecule has 1 aromatic heterocycles. The third-order valence-electron chi connectivity index (χ3n) is 4.78. The minimum absolute atomic E-state index is 0.00479. The second-order valence-corrected chi connectivity index (χ2v) is 6.32. The molecule has 2 aromatic rings. The van der Waals surface area contributed by atoms with E-state index in [1.54, 1.807) is 4.90 Å². The van der Waals surface area contributed by atoms with Crippen molar-refractivity contribution in [3.63, 3.8) is 0 Å². The van der Waals surface area contributed by atoms with Gasteiger partial charge in [-0.1, -0.05) is 0 Å². The van der Waals surface area contributed by atoms with Gasteiger partial charge < -0.3 is 24.3 Å². The van der Waals surface area contributed by atoms with Crippen LogP contribution < -0.4 is 10.1 Å². The van der Waals surface area contributed by atoms with Crippen LogP contribution in [0.5, 0.6) is 5.75 Å². The van der Waals surface area contributed by atoms with Gasteiger partial charge in [-0.3, -0.25) is 0 Å². The molecule has 0 aliphatic carbocycles. The van der Waals surface area contributed by atoms with Gasteiger partial charge in [0.2, 0.25) is 0 Å². The lowest BCUT2D eigenvalue weighted by molar-refractivity contribution is -0.0173. The molecule has 2 aliphatic heterocycles. The van der Waals surface area contributed by atoms with E-state index in [1.165, 1.54) is 12.1 Å². The molecule has 1 N–H and O–H groups in total. The molecule has 132 valence electrons. The van der Waals surface area contributed by atoms with Crippen molar-refractivity contribution in [2.75, 3.05) is 13.3 Å². The Kier molecular flexibility index (Phi) is 4.09. The molecule has 0 bridgehead atoms. The highest BCUT2D eigenvalue weighted by atomic mass is 19.1. The maximum atomic E-state index is 13.8. The first-order valence-corrected chi connectivity index (χ1v) is 8.35. The van der Waals surface area contributed by atoms with Crippen LogP contribution in [0.4, 0.5) is 9.18 Å². The van der Waals surface area contributed by atoms with E-state index in [0.29, 0.717) is 30.0 Å². The molecular formula is C18H20FN3O3. The van der Waals surface area contributed by atoms with Crippen LogP contribution in [-0.2, 0) is 24.4 Å². The summed E-state index contributed by atoms with van der Waals surface area (Å²) in [6, 6.07) is 6.66. The smallest absolute Gasteiger partial charge is 0.318 e. The number of halogens is 1. The monoisotopic (exact) mass is 345 g/mol. The summed E-state index contributed by atoms with van der Waals surface area (Å²) >= 11 is 0. The summed E-state index contributed by atoms with van der Waals surface area (Å²) in [5.41, 5.74) is 2.41. The number of amides is 2. The minimum atomic E-state index is -0.360. The largest absolute Gasteiger partial charge is 0.467 e. The summed E-state index contributed by atoms with van der Waals surface area (Å²) in [4.78, 5) is 14.4. The van der Waals surface area contributed by atoms with Crippen LogP contribution in [0, 0.1) is 5.82 Å². The van der Waals surface area contributed by atoms with Gasteiger partial charge in [-0.2, -0.15) is 0 Å². The predicted octanol–water partition coefficient (Wildman–Crippen LogP) is 2.78. The van der Waals surface area contributed by atoms with E-state index in [0.717, 1.165) is 12.2 Å². The molecule has 1 aromatic carbocycles. The van der Waals surface area contributed by atoms with Gasteiger partial charge in [0.25, 0.3) is 0 Å². The van der Waals surface area contributed by atoms with Gasteiger partial charge in [-0.05, 0) is 31.2 Å². The number of urea groups is 1. The second kappa shape index (κ2) is 6.40. The molecule has 6 nitrogen and oxygen atoms in total. The summed E-state index contributed by atoms with van der Waals surface area (Å²) in [5, 5.41) is 2.89. The van der Waals surface area contributed by atoms with E-state index in [2.05, 4.69) is 9.88 Å². The van der Waals surface area contributed by atoms with Crippen LogP contribution in [0.3, 0.4) is 0 Å². The predicted molar refractivity (Wildman–Crippen MR) is 88.5 cm³/mol. The second-order valence-electron chi connectivity index (χ2n) is 6.32. The fourth-order valence-corrected chi connectivity index (χ4v) is 3.52. The van der Waals surface area contributed by atoms with Crippen molar-refractivity contribution in [3.8, 4) is 5.75 Å². The van der Waals surface area contributed by atoms with Crippen LogP contribution in [0.25, 0.3) is 0 Å². The average molecular weight is 345 g/mol. The molecule has 0 spiro atoms. The zero-order valence-electron chi connectivity index (χ0n) is 14.0. The van der Waals surface area contributed by atoms with Gasteiger partial charge in [0.15, 0.2) is 6.79 Å². The molecule has 4 rings (SSSR count). The molecular weight excluding hydrogens is 325 g/mol. The topological polar surface area (TPSA) is 55.7 Å². The van der Waals surface area contributed by atoms with Gasteiger partial charge in [-0.25, -0.2) is 9.18 Å². The Hall–Kier alpha value is -2.54. The fourth-order valence-electron chi connectivity index (χ4n) is 3.52. The first-order valence-electron chi connectivity index (χ1n) is 8.35. The number of fused-ring (bicyclic) bond motifs is 2. The zero-order chi connectivity index (χ0) is 17.4. The Morgan fingerprint density at radius 3 is 3.16 bits per heavy atom. The van der Waals surface area contributed by atoms with Crippen molar-refractivity contribution < 1.29 is 18.7 Å². The number of nitrogens with one attached hydrogen (secondary N) is 1. The van der Waals surface area contributed by atoms with Crippen LogP contribution in [-0.4, -0.2) is 28.8 Å². The fraction of sp³-hybridized carbons (Fsp3) is 0.389. The van der Waals surface area contributed by atoms with Gasteiger partial charge in [0, 0.05) is 42.7 Å². The molecule has 0 fully saturated rings. The summed E-state index contributed by atoms with van der Waals surface area (Å²) in [6.45, 7) is 4.09. The molecule has 3 heterocycles. The first kappa shape index (κ1) is 16.0. The SMILES string of the molecule is CC1c2cccn2CCN1C(=O)NCc1cc(F)cc2c1OCOC2. The number of nitrogens with zero attached hydrogens (tertiary/aromatic N) is 2. The molecule has 25 heavy (non-hydrogen) atoms. The van der Waals surface area contributed by atoms with Gasteiger partial charge in [0.1, 0.15) is 11.6 Å². The van der Waals surface area contributed by atoms with Crippen molar-refractivity contribution in [3.05, 3.63) is 53.1 Å². The molecule has 0 saturated carbocycles. The number of rotatable bonds is 2. The maximum Gasteiger partial charge on any atom is 0.318 e. The maximum absolute atomic E-state index is 13.8. The molecule has 1 unspecified atom stereocenters. The highest BCUT2D eigenvalue weighted by molar-refractivity contribution is 5.75. The minimum Gasteiger partial charge on any atom is -0.467 e. The Labute approximate surface area is 145 Å². The number of hydrogen-bond acceptors (Lipinski definition) is 3. The van der Waals surface area contributed by atoms with E-state index in [1.807, 2.05) is 25.3 Å². The number of carbonyl (C=O) groups is 1. The first-order chi connectivity index (χ1) is 12.1. The number of carbonyl (C=O) groups excluding carboxylic acids is 1. The molecule has 1 atom stereocenters. The Balaban J connectivity index is 1.47. The van der Waals surface area contributed by atoms with Crippen LogP contribution >= 0.6 is 0 Å². The van der Waals surface area contributed by atoms with Crippen molar-refractivity contribution in [1.29, 1.82) is 0 Å². The molecule has 2 aliphatic rings. The van der Waals surface area contributed by atoms with Crippen LogP contribution in [0.2, 0.25) is 0 Å². The average Bonchev–Trinajstić information content (AvgIpc) is 3.09. The summed E-state index contributed by atoms with van der Waals surface area (Å²) < 4.78 is 26.6. The van der Waals surface area contributed by atoms with Gasteiger partial charge >= 0.3 is 6.03 Å². The van der Waals surface area contributed by atoms with E-state index < -0.39 is 0 Å². The van der Waals surface area contributed by atoms with Crippen LogP contribution in [0.1, 0.15) is 29.8 Å². The number of aromatic nitrogens is 1. The van der Waals surface area contributed by atoms with E-state index in [9.17, 15) is 9.18 Å². The number of benzene rings is 1. The lowest BCUT2D eigenvalue weighted by Crippen LogP contribution is -2.45. The van der Waals surface area contributed by atoms with Crippen molar-refractivity contribution in [2.24, 2.45) is 0 Å². The highest BCUT2D eigenvalue weighted by Gasteiger charge is 2.27. The number of ether oxygens (including phenoxy) is 2. The lowest BCUT2D eigenvalue weighted by atomic mass is 10.1. The lowest BCUT2D eigenvalue weighted by Gasteiger charge is -2.35. The Bertz CT molecular complexity index is 805. The third kappa shape index (κ3) is 2.95. The van der Waals surface area contributed by atoms with Gasteiger partial charge in [0.05, 0.1) is 12.6 Å². The van der Waals surface area contributed by atoms with Crippen LogP contribution in [0.15, 0.2) is 30.5 Å². The van der Waals surface area contributed by atoms with E-state index in [-0.39, 0.29) is 31.2 Å². The van der Waals surface area contributed by atoms with Crippen molar-refractivity contribution in [1.82, 2.24) is 14.8 Å². The molecule has 0 radical (unpaired) electrons. The zero-order valence-corrected chi connectivity index (χ0v) is 14.0. The molecule has 7 heteroatoms. The van der Waals surface area contributed by atoms with E-state index >= 15 is 0 Å². The third-order valence-corrected chi connectivity index (χ3v) is 4.78. The Morgan fingerprint density at radius 1 is 1.40 bits per heavy atom.